The number of carbonyl (C=O) groups excluding carboxylic acids is 1. The Morgan fingerprint density at radius 3 is 2.69 bits per heavy atom. The molecule has 0 saturated heterocycles. The lowest BCUT2D eigenvalue weighted by molar-refractivity contribution is 0.102. The van der Waals surface area contributed by atoms with Crippen LogP contribution in [0.15, 0.2) is 67.3 Å². The van der Waals surface area contributed by atoms with E-state index in [1.807, 2.05) is 42.6 Å². The van der Waals surface area contributed by atoms with Crippen molar-refractivity contribution in [2.24, 2.45) is 0 Å². The number of rotatable bonds is 4. The average molecular weight is 437 g/mol. The van der Waals surface area contributed by atoms with Crippen LogP contribution in [-0.4, -0.2) is 35.9 Å². The van der Waals surface area contributed by atoms with E-state index in [2.05, 4.69) is 36.2 Å². The number of fused-ring (bicyclic) bond motifs is 2. The van der Waals surface area contributed by atoms with E-state index in [1.54, 1.807) is 25.5 Å². The molecule has 0 aromatic carbocycles. The van der Waals surface area contributed by atoms with Crippen molar-refractivity contribution in [1.29, 1.82) is 0 Å². The zero-order valence-corrected chi connectivity index (χ0v) is 17.8. The van der Waals surface area contributed by atoms with Crippen LogP contribution < -0.4 is 0 Å². The number of hydrogen-bond acceptors (Lipinski definition) is 6. The van der Waals surface area contributed by atoms with Crippen molar-refractivity contribution in [3.8, 4) is 33.2 Å². The maximum Gasteiger partial charge on any atom is 0.169 e. The van der Waals surface area contributed by atoms with Crippen LogP contribution in [0.5, 0.6) is 0 Å². The lowest BCUT2D eigenvalue weighted by Crippen LogP contribution is -1.86. The standard InChI is InChI=1S/C24H16N6OS/c1-13(31)22-5-6-23(32-22)16-10-25-11-20-14(16)8-19(28-20)24-15-9-18(17-4-2-3-7-26-17)27-12-21(15)29-30-24/h2-12,28H,1H3,(H,29,30). The first-order valence-electron chi connectivity index (χ1n) is 10.0. The summed E-state index contributed by atoms with van der Waals surface area (Å²) in [7, 11) is 0. The van der Waals surface area contributed by atoms with E-state index in [4.69, 9.17) is 0 Å². The van der Waals surface area contributed by atoms with Gasteiger partial charge in [-0.3, -0.25) is 24.8 Å². The number of thiophene rings is 1. The summed E-state index contributed by atoms with van der Waals surface area (Å²) in [4.78, 5) is 30.2. The number of H-pyrrole nitrogens is 2. The number of Topliss-reactive ketones (excluding diaryl/α,β-unsaturated/α-hetero) is 1. The number of nitrogens with one attached hydrogen (secondary N) is 2. The van der Waals surface area contributed by atoms with Crippen LogP contribution in [0.1, 0.15) is 16.6 Å². The van der Waals surface area contributed by atoms with Crippen molar-refractivity contribution in [2.75, 3.05) is 0 Å². The topological polar surface area (TPSA) is 100 Å². The quantitative estimate of drug-likeness (QED) is 0.356. The highest BCUT2D eigenvalue weighted by Crippen LogP contribution is 2.36. The summed E-state index contributed by atoms with van der Waals surface area (Å²) >= 11 is 1.48. The molecule has 6 aromatic rings. The van der Waals surface area contributed by atoms with Gasteiger partial charge in [-0.25, -0.2) is 0 Å². The third kappa shape index (κ3) is 3.00. The lowest BCUT2D eigenvalue weighted by atomic mass is 10.1. The second-order valence-corrected chi connectivity index (χ2v) is 8.54. The van der Waals surface area contributed by atoms with Gasteiger partial charge in [0.15, 0.2) is 5.78 Å². The fraction of sp³-hybridized carbons (Fsp3) is 0.0417. The first-order chi connectivity index (χ1) is 15.7. The van der Waals surface area contributed by atoms with E-state index < -0.39 is 0 Å². The summed E-state index contributed by atoms with van der Waals surface area (Å²) in [5.74, 6) is 0.0662. The average Bonchev–Trinajstić information content (AvgIpc) is 3.56. The molecule has 0 fully saturated rings. The van der Waals surface area contributed by atoms with Crippen molar-refractivity contribution < 1.29 is 4.79 Å². The molecule has 6 rings (SSSR count). The van der Waals surface area contributed by atoms with E-state index in [0.717, 1.165) is 59.9 Å². The minimum absolute atomic E-state index is 0.0662. The Morgan fingerprint density at radius 2 is 1.88 bits per heavy atom. The Balaban J connectivity index is 1.49. The minimum Gasteiger partial charge on any atom is -0.352 e. The van der Waals surface area contributed by atoms with Gasteiger partial charge >= 0.3 is 0 Å². The molecule has 6 aromatic heterocycles. The van der Waals surface area contributed by atoms with E-state index in [-0.39, 0.29) is 5.78 Å². The van der Waals surface area contributed by atoms with Crippen molar-refractivity contribution in [3.63, 3.8) is 0 Å². The zero-order valence-electron chi connectivity index (χ0n) is 17.0. The van der Waals surface area contributed by atoms with E-state index in [9.17, 15) is 4.79 Å². The molecule has 0 unspecified atom stereocenters. The predicted octanol–water partition coefficient (Wildman–Crippen LogP) is 5.49. The fourth-order valence-corrected chi connectivity index (χ4v) is 4.75. The molecule has 0 aliphatic rings. The number of pyridine rings is 3. The van der Waals surface area contributed by atoms with Gasteiger partial charge in [-0.05, 0) is 43.3 Å². The molecule has 0 spiro atoms. The van der Waals surface area contributed by atoms with Gasteiger partial charge in [0.2, 0.25) is 0 Å². The number of nitrogens with zero attached hydrogens (tertiary/aromatic N) is 4. The third-order valence-electron chi connectivity index (χ3n) is 5.39. The summed E-state index contributed by atoms with van der Waals surface area (Å²) in [6, 6.07) is 13.7. The van der Waals surface area contributed by atoms with Crippen LogP contribution in [0, 0.1) is 0 Å². The molecule has 0 radical (unpaired) electrons. The second kappa shape index (κ2) is 7.21. The van der Waals surface area contributed by atoms with Crippen molar-refractivity contribution in [1.82, 2.24) is 30.1 Å². The molecule has 154 valence electrons. The highest BCUT2D eigenvalue weighted by atomic mass is 32.1. The fourth-order valence-electron chi connectivity index (χ4n) is 3.82. The van der Waals surface area contributed by atoms with Gasteiger partial charge in [0.1, 0.15) is 5.69 Å². The molecule has 0 atom stereocenters. The normalized spacial score (nSPS) is 11.4. The molecule has 7 nitrogen and oxygen atoms in total. The molecular formula is C24H16N6OS. The van der Waals surface area contributed by atoms with Crippen molar-refractivity contribution in [2.45, 2.75) is 6.92 Å². The molecule has 0 saturated carbocycles. The third-order valence-corrected chi connectivity index (χ3v) is 6.61. The summed E-state index contributed by atoms with van der Waals surface area (Å²) in [5.41, 5.74) is 6.02. The smallest absolute Gasteiger partial charge is 0.169 e. The summed E-state index contributed by atoms with van der Waals surface area (Å²) < 4.78 is 0. The van der Waals surface area contributed by atoms with Crippen LogP contribution in [0.2, 0.25) is 0 Å². The highest BCUT2D eigenvalue weighted by molar-refractivity contribution is 7.17. The molecule has 0 aliphatic heterocycles. The van der Waals surface area contributed by atoms with Gasteiger partial charge in [-0.1, -0.05) is 6.07 Å². The molecule has 0 bridgehead atoms. The van der Waals surface area contributed by atoms with Crippen molar-refractivity contribution in [3.05, 3.63) is 72.1 Å². The van der Waals surface area contributed by atoms with Crippen LogP contribution in [-0.2, 0) is 0 Å². The zero-order chi connectivity index (χ0) is 21.7. The number of aromatic nitrogens is 6. The van der Waals surface area contributed by atoms with Gasteiger partial charge in [-0.2, -0.15) is 5.10 Å². The van der Waals surface area contributed by atoms with Crippen LogP contribution in [0.25, 0.3) is 55.0 Å². The summed E-state index contributed by atoms with van der Waals surface area (Å²) in [5, 5.41) is 9.60. The molecule has 2 N–H and O–H groups in total. The Hall–Kier alpha value is -4.17. The molecular weight excluding hydrogens is 420 g/mol. The van der Waals surface area contributed by atoms with Crippen LogP contribution in [0.4, 0.5) is 0 Å². The Labute approximate surface area is 186 Å². The molecule has 6 heterocycles. The largest absolute Gasteiger partial charge is 0.352 e. The van der Waals surface area contributed by atoms with Gasteiger partial charge in [0.25, 0.3) is 0 Å². The van der Waals surface area contributed by atoms with Gasteiger partial charge in [-0.15, -0.1) is 11.3 Å². The molecule has 0 aliphatic carbocycles. The first kappa shape index (κ1) is 18.6. The summed E-state index contributed by atoms with van der Waals surface area (Å²) in [6.45, 7) is 1.58. The maximum atomic E-state index is 11.7. The summed E-state index contributed by atoms with van der Waals surface area (Å²) in [6.07, 6.45) is 7.17. The maximum absolute atomic E-state index is 11.7. The monoisotopic (exact) mass is 436 g/mol. The molecule has 8 heteroatoms. The van der Waals surface area contributed by atoms with Crippen LogP contribution in [0.3, 0.4) is 0 Å². The Kier molecular flexibility index (Phi) is 4.19. The lowest BCUT2D eigenvalue weighted by Gasteiger charge is -2.00. The highest BCUT2D eigenvalue weighted by Gasteiger charge is 2.16. The second-order valence-electron chi connectivity index (χ2n) is 7.45. The SMILES string of the molecule is CC(=O)c1ccc(-c2cncc3[nH]c(-c4n[nH]c5cnc(-c6ccccn6)cc45)cc23)s1. The number of aromatic amines is 2. The van der Waals surface area contributed by atoms with E-state index >= 15 is 0 Å². The van der Waals surface area contributed by atoms with Gasteiger partial charge in [0, 0.05) is 33.6 Å². The molecule has 0 amide bonds. The number of hydrogen-bond donors (Lipinski definition) is 2. The van der Waals surface area contributed by atoms with Crippen LogP contribution >= 0.6 is 11.3 Å². The van der Waals surface area contributed by atoms with E-state index in [0.29, 0.717) is 0 Å². The first-order valence-corrected chi connectivity index (χ1v) is 10.8. The minimum atomic E-state index is 0.0662. The van der Waals surface area contributed by atoms with Crippen molar-refractivity contribution >= 4 is 38.9 Å². The Bertz CT molecular complexity index is 1610. The van der Waals surface area contributed by atoms with Gasteiger partial charge in [0.05, 0.1) is 45.4 Å². The number of ketones is 1. The Morgan fingerprint density at radius 1 is 0.938 bits per heavy atom. The molecule has 32 heavy (non-hydrogen) atoms. The van der Waals surface area contributed by atoms with Gasteiger partial charge < -0.3 is 4.98 Å². The predicted molar refractivity (Wildman–Crippen MR) is 126 cm³/mol. The number of carbonyl (C=O) groups is 1. The van der Waals surface area contributed by atoms with E-state index in [1.165, 1.54) is 11.3 Å².